The van der Waals surface area contributed by atoms with E-state index < -0.39 is 0 Å². The number of fused-ring (bicyclic) bond motifs is 4. The van der Waals surface area contributed by atoms with Crippen molar-refractivity contribution < 1.29 is 0 Å². The molecule has 3 rings (SSSR count). The molecule has 0 spiro atoms. The van der Waals surface area contributed by atoms with Crippen molar-refractivity contribution in [2.24, 2.45) is 5.92 Å². The first-order chi connectivity index (χ1) is 7.19. The Morgan fingerprint density at radius 1 is 1.53 bits per heavy atom. The average Bonchev–Trinajstić information content (AvgIpc) is 2.20. The highest BCUT2D eigenvalue weighted by Crippen LogP contribution is 2.42. The van der Waals surface area contributed by atoms with Crippen LogP contribution < -0.4 is 10.9 Å². The summed E-state index contributed by atoms with van der Waals surface area (Å²) < 4.78 is 1.89. The average molecular weight is 269 g/mol. The molecule has 2 unspecified atom stereocenters. The molecule has 3 heterocycles. The van der Waals surface area contributed by atoms with Gasteiger partial charge in [-0.1, -0.05) is 22.0 Å². The Balaban J connectivity index is 2.22. The number of hydrogen-bond acceptors (Lipinski definition) is 2. The molecular weight excluding hydrogens is 256 g/mol. The SMILES string of the molecule is O=c1cccc2n1CC1CNCC2(Br)C1. The molecule has 3 nitrogen and oxygen atoms in total. The van der Waals surface area contributed by atoms with Crippen LogP contribution >= 0.6 is 15.9 Å². The molecule has 2 bridgehead atoms. The van der Waals surface area contributed by atoms with Gasteiger partial charge in [-0.25, -0.2) is 0 Å². The number of hydrogen-bond donors (Lipinski definition) is 1. The van der Waals surface area contributed by atoms with Gasteiger partial charge in [-0.05, 0) is 24.9 Å². The molecule has 1 fully saturated rings. The zero-order valence-electron chi connectivity index (χ0n) is 8.37. The summed E-state index contributed by atoms with van der Waals surface area (Å²) in [6.45, 7) is 2.79. The summed E-state index contributed by atoms with van der Waals surface area (Å²) in [5, 5.41) is 3.43. The standard InChI is InChI=1S/C11H13BrN2O/c12-11-4-8(5-13-7-11)6-14-9(11)2-1-3-10(14)15/h1-3,8,13H,4-7H2. The summed E-state index contributed by atoms with van der Waals surface area (Å²) >= 11 is 3.80. The molecule has 0 aromatic carbocycles. The molecule has 0 aliphatic carbocycles. The van der Waals surface area contributed by atoms with Crippen molar-refractivity contribution in [2.45, 2.75) is 17.3 Å². The van der Waals surface area contributed by atoms with Crippen molar-refractivity contribution >= 4 is 15.9 Å². The van der Waals surface area contributed by atoms with Crippen LogP contribution in [0.15, 0.2) is 23.0 Å². The highest BCUT2D eigenvalue weighted by atomic mass is 79.9. The molecule has 0 amide bonds. The molecule has 0 radical (unpaired) electrons. The van der Waals surface area contributed by atoms with Crippen LogP contribution in [0, 0.1) is 5.92 Å². The van der Waals surface area contributed by atoms with Gasteiger partial charge in [-0.2, -0.15) is 0 Å². The molecule has 15 heavy (non-hydrogen) atoms. The van der Waals surface area contributed by atoms with Gasteiger partial charge in [0.2, 0.25) is 0 Å². The fourth-order valence-electron chi connectivity index (χ4n) is 2.76. The van der Waals surface area contributed by atoms with Crippen molar-refractivity contribution in [1.29, 1.82) is 0 Å². The van der Waals surface area contributed by atoms with E-state index in [1.807, 2.05) is 10.6 Å². The molecule has 80 valence electrons. The lowest BCUT2D eigenvalue weighted by atomic mass is 9.84. The number of halogens is 1. The molecule has 2 aliphatic rings. The van der Waals surface area contributed by atoms with Crippen LogP contribution in [-0.4, -0.2) is 17.7 Å². The first kappa shape index (κ1) is 9.60. The number of nitrogens with zero attached hydrogens (tertiary/aromatic N) is 1. The van der Waals surface area contributed by atoms with Crippen molar-refractivity contribution in [3.63, 3.8) is 0 Å². The Morgan fingerprint density at radius 3 is 3.27 bits per heavy atom. The van der Waals surface area contributed by atoms with Gasteiger partial charge in [0.05, 0.1) is 4.32 Å². The lowest BCUT2D eigenvalue weighted by molar-refractivity contribution is 0.241. The van der Waals surface area contributed by atoms with Crippen molar-refractivity contribution in [3.8, 4) is 0 Å². The molecule has 1 aromatic rings. The quantitative estimate of drug-likeness (QED) is 0.715. The maximum absolute atomic E-state index is 11.8. The Hall–Kier alpha value is -0.610. The van der Waals surface area contributed by atoms with Crippen LogP contribution in [0.25, 0.3) is 0 Å². The predicted octanol–water partition coefficient (Wildman–Crippen LogP) is 1.06. The minimum atomic E-state index is -0.0331. The van der Waals surface area contributed by atoms with Gasteiger partial charge < -0.3 is 9.88 Å². The van der Waals surface area contributed by atoms with E-state index in [1.54, 1.807) is 6.07 Å². The molecule has 1 N–H and O–H groups in total. The fraction of sp³-hybridized carbons (Fsp3) is 0.545. The van der Waals surface area contributed by atoms with Crippen LogP contribution in [0.3, 0.4) is 0 Å². The largest absolute Gasteiger partial charge is 0.315 e. The highest BCUT2D eigenvalue weighted by molar-refractivity contribution is 9.09. The fourth-order valence-corrected chi connectivity index (χ4v) is 3.76. The van der Waals surface area contributed by atoms with Crippen LogP contribution in [0.4, 0.5) is 0 Å². The monoisotopic (exact) mass is 268 g/mol. The number of aromatic nitrogens is 1. The van der Waals surface area contributed by atoms with Crippen molar-refractivity contribution in [2.75, 3.05) is 13.1 Å². The Kier molecular flexibility index (Phi) is 2.04. The topological polar surface area (TPSA) is 34.0 Å². The van der Waals surface area contributed by atoms with Gasteiger partial charge in [-0.15, -0.1) is 0 Å². The Morgan fingerprint density at radius 2 is 2.40 bits per heavy atom. The van der Waals surface area contributed by atoms with E-state index in [1.165, 1.54) is 0 Å². The Labute approximate surface area is 96.6 Å². The van der Waals surface area contributed by atoms with E-state index in [0.717, 1.165) is 31.7 Å². The van der Waals surface area contributed by atoms with Crippen LogP contribution in [0.1, 0.15) is 12.1 Å². The van der Waals surface area contributed by atoms with E-state index >= 15 is 0 Å². The minimum absolute atomic E-state index is 0.0331. The minimum Gasteiger partial charge on any atom is -0.315 e. The second-order valence-electron chi connectivity index (χ2n) is 4.53. The molecule has 4 heteroatoms. The van der Waals surface area contributed by atoms with E-state index in [4.69, 9.17) is 0 Å². The molecule has 1 saturated heterocycles. The van der Waals surface area contributed by atoms with Crippen molar-refractivity contribution in [3.05, 3.63) is 34.2 Å². The van der Waals surface area contributed by atoms with Gasteiger partial charge in [0.15, 0.2) is 0 Å². The lowest BCUT2D eigenvalue weighted by Gasteiger charge is -2.43. The van der Waals surface area contributed by atoms with Crippen molar-refractivity contribution in [1.82, 2.24) is 9.88 Å². The summed E-state index contributed by atoms with van der Waals surface area (Å²) in [7, 11) is 0. The van der Waals surface area contributed by atoms with E-state index in [-0.39, 0.29) is 9.88 Å². The third-order valence-electron chi connectivity index (χ3n) is 3.40. The number of alkyl halides is 1. The van der Waals surface area contributed by atoms with Crippen LogP contribution in [0.5, 0.6) is 0 Å². The summed E-state index contributed by atoms with van der Waals surface area (Å²) in [5.74, 6) is 0.575. The molecule has 0 saturated carbocycles. The summed E-state index contributed by atoms with van der Waals surface area (Å²) in [6.07, 6.45) is 1.13. The third kappa shape index (κ3) is 1.39. The normalized spacial score (nSPS) is 33.5. The third-order valence-corrected chi connectivity index (χ3v) is 4.41. The van der Waals surface area contributed by atoms with Gasteiger partial charge >= 0.3 is 0 Å². The lowest BCUT2D eigenvalue weighted by Crippen LogP contribution is -2.51. The summed E-state index contributed by atoms with van der Waals surface area (Å²) in [6, 6.07) is 5.56. The zero-order valence-corrected chi connectivity index (χ0v) is 9.96. The number of rotatable bonds is 0. The number of pyridine rings is 1. The maximum Gasteiger partial charge on any atom is 0.250 e. The van der Waals surface area contributed by atoms with Crippen LogP contribution in [-0.2, 0) is 10.9 Å². The second-order valence-corrected chi connectivity index (χ2v) is 6.04. The van der Waals surface area contributed by atoms with Gasteiger partial charge in [0, 0.05) is 24.8 Å². The smallest absolute Gasteiger partial charge is 0.250 e. The summed E-state index contributed by atoms with van der Waals surface area (Å²) in [4.78, 5) is 11.8. The molecule has 2 aliphatic heterocycles. The van der Waals surface area contributed by atoms with Gasteiger partial charge in [0.1, 0.15) is 0 Å². The molecular formula is C11H13BrN2O. The molecule has 2 atom stereocenters. The first-order valence-corrected chi connectivity index (χ1v) is 6.08. The molecule has 1 aromatic heterocycles. The Bertz CT molecular complexity index is 456. The summed E-state index contributed by atoms with van der Waals surface area (Å²) in [5.41, 5.74) is 1.25. The highest BCUT2D eigenvalue weighted by Gasteiger charge is 2.41. The predicted molar refractivity (Wildman–Crippen MR) is 62.3 cm³/mol. The maximum atomic E-state index is 11.8. The zero-order chi connectivity index (χ0) is 10.5. The van der Waals surface area contributed by atoms with E-state index in [2.05, 4.69) is 27.3 Å². The number of piperidine rings is 1. The second kappa shape index (κ2) is 3.19. The van der Waals surface area contributed by atoms with Gasteiger partial charge in [-0.3, -0.25) is 4.79 Å². The van der Waals surface area contributed by atoms with E-state index in [0.29, 0.717) is 5.92 Å². The van der Waals surface area contributed by atoms with Gasteiger partial charge in [0.25, 0.3) is 5.56 Å². The van der Waals surface area contributed by atoms with E-state index in [9.17, 15) is 4.79 Å². The number of nitrogens with one attached hydrogen (secondary N) is 1. The first-order valence-electron chi connectivity index (χ1n) is 5.29. The van der Waals surface area contributed by atoms with Crippen LogP contribution in [0.2, 0.25) is 0 Å².